The van der Waals surface area contributed by atoms with Crippen molar-refractivity contribution in [2.24, 2.45) is 5.41 Å². The van der Waals surface area contributed by atoms with Gasteiger partial charge in [0.15, 0.2) is 0 Å². The molecule has 0 aromatic heterocycles. The minimum Gasteiger partial charge on any atom is -0.493 e. The molecule has 1 fully saturated rings. The maximum atomic E-state index is 5.91. The highest BCUT2D eigenvalue weighted by atomic mass is 79.9. The normalized spacial score (nSPS) is 18.6. The molecule has 0 N–H and O–H groups in total. The molecule has 1 aromatic rings. The zero-order valence-electron chi connectivity index (χ0n) is 9.84. The Kier molecular flexibility index (Phi) is 3.91. The zero-order valence-corrected chi connectivity index (χ0v) is 11.4. The van der Waals surface area contributed by atoms with E-state index in [1.54, 1.807) is 0 Å². The summed E-state index contributed by atoms with van der Waals surface area (Å²) in [5.41, 5.74) is 1.66. The summed E-state index contributed by atoms with van der Waals surface area (Å²) in [6, 6.07) is 8.33. The van der Waals surface area contributed by atoms with Crippen molar-refractivity contribution in [2.75, 3.05) is 11.9 Å². The Morgan fingerprint density at radius 2 is 1.81 bits per heavy atom. The third-order valence-electron chi connectivity index (χ3n) is 3.51. The highest BCUT2D eigenvalue weighted by molar-refractivity contribution is 9.09. The first-order valence-electron chi connectivity index (χ1n) is 6.00. The minimum atomic E-state index is 0.380. The summed E-state index contributed by atoms with van der Waals surface area (Å²) in [5.74, 6) is 0.998. The fraction of sp³-hybridized carbons (Fsp3) is 0.571. The number of hydrogen-bond donors (Lipinski definition) is 0. The Hall–Kier alpha value is -0.500. The van der Waals surface area contributed by atoms with E-state index < -0.39 is 0 Å². The number of ether oxygens (including phenoxy) is 1. The first-order chi connectivity index (χ1) is 7.74. The Balaban J connectivity index is 1.93. The van der Waals surface area contributed by atoms with Gasteiger partial charge in [-0.15, -0.1) is 0 Å². The van der Waals surface area contributed by atoms with Gasteiger partial charge in [-0.25, -0.2) is 0 Å². The van der Waals surface area contributed by atoms with Gasteiger partial charge in [-0.05, 0) is 31.9 Å². The Morgan fingerprint density at radius 3 is 2.38 bits per heavy atom. The van der Waals surface area contributed by atoms with Crippen LogP contribution >= 0.6 is 15.9 Å². The van der Waals surface area contributed by atoms with Crippen LogP contribution in [0.5, 0.6) is 5.75 Å². The summed E-state index contributed by atoms with van der Waals surface area (Å²) in [6.45, 7) is 2.95. The Morgan fingerprint density at radius 1 is 1.19 bits per heavy atom. The molecule has 88 valence electrons. The lowest BCUT2D eigenvalue weighted by Crippen LogP contribution is -2.26. The molecule has 2 rings (SSSR count). The van der Waals surface area contributed by atoms with Gasteiger partial charge < -0.3 is 4.74 Å². The molecule has 0 amide bonds. The van der Waals surface area contributed by atoms with Gasteiger partial charge in [-0.3, -0.25) is 0 Å². The maximum absolute atomic E-state index is 5.91. The summed E-state index contributed by atoms with van der Waals surface area (Å²) in [7, 11) is 0. The molecule has 2 heteroatoms. The van der Waals surface area contributed by atoms with Crippen LogP contribution in [-0.4, -0.2) is 11.9 Å². The standard InChI is InChI=1S/C14H19BrO/c1-12-4-6-13(7-5-12)16-11-14(10-15)8-2-3-9-14/h4-7H,2-3,8-11H2,1H3. The van der Waals surface area contributed by atoms with Crippen LogP contribution < -0.4 is 4.74 Å². The predicted molar refractivity (Wildman–Crippen MR) is 71.4 cm³/mol. The van der Waals surface area contributed by atoms with Crippen LogP contribution in [0.1, 0.15) is 31.2 Å². The van der Waals surface area contributed by atoms with Crippen LogP contribution in [0, 0.1) is 12.3 Å². The van der Waals surface area contributed by atoms with Crippen molar-refractivity contribution in [1.82, 2.24) is 0 Å². The van der Waals surface area contributed by atoms with E-state index in [0.717, 1.165) is 17.7 Å². The van der Waals surface area contributed by atoms with Crippen molar-refractivity contribution >= 4 is 15.9 Å². The predicted octanol–water partition coefficient (Wildman–Crippen LogP) is 4.33. The second kappa shape index (κ2) is 5.22. The quantitative estimate of drug-likeness (QED) is 0.747. The highest BCUT2D eigenvalue weighted by Gasteiger charge is 2.33. The lowest BCUT2D eigenvalue weighted by atomic mass is 9.90. The van der Waals surface area contributed by atoms with Crippen molar-refractivity contribution in [2.45, 2.75) is 32.6 Å². The molecular weight excluding hydrogens is 264 g/mol. The SMILES string of the molecule is Cc1ccc(OCC2(CBr)CCCC2)cc1. The average Bonchev–Trinajstić information content (AvgIpc) is 2.78. The number of aryl methyl sites for hydroxylation is 1. The molecular formula is C14H19BrO. The van der Waals surface area contributed by atoms with Gasteiger partial charge >= 0.3 is 0 Å². The first kappa shape index (κ1) is 12.0. The van der Waals surface area contributed by atoms with Crippen LogP contribution in [0.15, 0.2) is 24.3 Å². The molecule has 0 aliphatic heterocycles. The van der Waals surface area contributed by atoms with E-state index in [1.807, 2.05) is 0 Å². The third-order valence-corrected chi connectivity index (χ3v) is 4.70. The van der Waals surface area contributed by atoms with E-state index in [0.29, 0.717) is 5.41 Å². The van der Waals surface area contributed by atoms with E-state index in [2.05, 4.69) is 47.1 Å². The molecule has 0 bridgehead atoms. The number of rotatable bonds is 4. The number of hydrogen-bond acceptors (Lipinski definition) is 1. The van der Waals surface area contributed by atoms with Gasteiger partial charge in [0.1, 0.15) is 5.75 Å². The first-order valence-corrected chi connectivity index (χ1v) is 7.12. The Labute approximate surface area is 106 Å². The monoisotopic (exact) mass is 282 g/mol. The molecule has 0 saturated heterocycles. The third kappa shape index (κ3) is 2.79. The number of halogens is 1. The van der Waals surface area contributed by atoms with Crippen molar-refractivity contribution < 1.29 is 4.74 Å². The fourth-order valence-corrected chi connectivity index (χ4v) is 3.04. The van der Waals surface area contributed by atoms with Crippen LogP contribution in [0.3, 0.4) is 0 Å². The molecule has 1 aromatic carbocycles. The van der Waals surface area contributed by atoms with Gasteiger partial charge in [0.05, 0.1) is 6.61 Å². The van der Waals surface area contributed by atoms with Gasteiger partial charge in [0.2, 0.25) is 0 Å². The maximum Gasteiger partial charge on any atom is 0.119 e. The number of alkyl halides is 1. The average molecular weight is 283 g/mol. The smallest absolute Gasteiger partial charge is 0.119 e. The lowest BCUT2D eigenvalue weighted by molar-refractivity contribution is 0.174. The van der Waals surface area contributed by atoms with Crippen molar-refractivity contribution in [3.05, 3.63) is 29.8 Å². The highest BCUT2D eigenvalue weighted by Crippen LogP contribution is 2.39. The zero-order chi connectivity index (χ0) is 11.4. The summed E-state index contributed by atoms with van der Waals surface area (Å²) in [4.78, 5) is 0. The summed E-state index contributed by atoms with van der Waals surface area (Å²) in [5, 5.41) is 1.06. The summed E-state index contributed by atoms with van der Waals surface area (Å²) < 4.78 is 5.91. The molecule has 1 aliphatic carbocycles. The number of benzene rings is 1. The molecule has 16 heavy (non-hydrogen) atoms. The Bertz CT molecular complexity index is 325. The second-order valence-electron chi connectivity index (χ2n) is 4.94. The van der Waals surface area contributed by atoms with Crippen LogP contribution in [0.2, 0.25) is 0 Å². The van der Waals surface area contributed by atoms with E-state index >= 15 is 0 Å². The molecule has 1 nitrogen and oxygen atoms in total. The second-order valence-corrected chi connectivity index (χ2v) is 5.50. The fourth-order valence-electron chi connectivity index (χ4n) is 2.31. The van der Waals surface area contributed by atoms with E-state index in [4.69, 9.17) is 4.74 Å². The van der Waals surface area contributed by atoms with Crippen molar-refractivity contribution in [1.29, 1.82) is 0 Å². The largest absolute Gasteiger partial charge is 0.493 e. The van der Waals surface area contributed by atoms with Gasteiger partial charge in [-0.1, -0.05) is 46.5 Å². The molecule has 0 heterocycles. The summed E-state index contributed by atoms with van der Waals surface area (Å²) in [6.07, 6.45) is 5.29. The molecule has 1 saturated carbocycles. The van der Waals surface area contributed by atoms with Gasteiger partial charge in [-0.2, -0.15) is 0 Å². The van der Waals surface area contributed by atoms with Crippen LogP contribution in [0.4, 0.5) is 0 Å². The van der Waals surface area contributed by atoms with Gasteiger partial charge in [0.25, 0.3) is 0 Å². The van der Waals surface area contributed by atoms with Crippen LogP contribution in [-0.2, 0) is 0 Å². The lowest BCUT2D eigenvalue weighted by Gasteiger charge is -2.26. The van der Waals surface area contributed by atoms with Crippen molar-refractivity contribution in [3.8, 4) is 5.75 Å². The minimum absolute atomic E-state index is 0.380. The molecule has 0 radical (unpaired) electrons. The van der Waals surface area contributed by atoms with E-state index in [9.17, 15) is 0 Å². The van der Waals surface area contributed by atoms with Crippen molar-refractivity contribution in [3.63, 3.8) is 0 Å². The summed E-state index contributed by atoms with van der Waals surface area (Å²) >= 11 is 3.64. The molecule has 0 unspecified atom stereocenters. The molecule has 0 atom stereocenters. The topological polar surface area (TPSA) is 9.23 Å². The molecule has 0 spiro atoms. The van der Waals surface area contributed by atoms with Gasteiger partial charge in [0, 0.05) is 10.7 Å². The molecule has 1 aliphatic rings. The van der Waals surface area contributed by atoms with E-state index in [1.165, 1.54) is 31.2 Å². The van der Waals surface area contributed by atoms with Crippen LogP contribution in [0.25, 0.3) is 0 Å². The van der Waals surface area contributed by atoms with E-state index in [-0.39, 0.29) is 0 Å².